The fourth-order valence-corrected chi connectivity index (χ4v) is 3.71. The lowest BCUT2D eigenvalue weighted by Crippen LogP contribution is -2.45. The molecule has 4 rings (SSSR count). The highest BCUT2D eigenvalue weighted by molar-refractivity contribution is 9.10. The van der Waals surface area contributed by atoms with Gasteiger partial charge in [0.2, 0.25) is 11.7 Å². The van der Waals surface area contributed by atoms with Crippen molar-refractivity contribution >= 4 is 39.2 Å². The number of nitrogens with two attached hydrogens (primary N) is 1. The van der Waals surface area contributed by atoms with Gasteiger partial charge in [-0.2, -0.15) is 4.52 Å². The van der Waals surface area contributed by atoms with Crippen LogP contribution in [0, 0.1) is 0 Å². The standard InChI is InChI=1S/C18H19BrN6O3/c1-23(2)18(27)11-4-3-7-24(11)17(26)10-8-14(20)25-15(9-10)21-16(22-25)12-5-6-13(19)28-12/h5-6,8-9,11H,3-4,7,20H2,1-2H3. The van der Waals surface area contributed by atoms with Crippen molar-refractivity contribution in [3.63, 3.8) is 0 Å². The number of likely N-dealkylation sites (tertiary alicyclic amines) is 1. The third-order valence-corrected chi connectivity index (χ3v) is 5.17. The minimum Gasteiger partial charge on any atom is -0.446 e. The second-order valence-electron chi connectivity index (χ2n) is 6.87. The number of amides is 2. The van der Waals surface area contributed by atoms with Crippen molar-refractivity contribution in [2.45, 2.75) is 18.9 Å². The van der Waals surface area contributed by atoms with E-state index in [4.69, 9.17) is 10.2 Å². The summed E-state index contributed by atoms with van der Waals surface area (Å²) in [6, 6.07) is 6.22. The number of rotatable bonds is 3. The summed E-state index contributed by atoms with van der Waals surface area (Å²) >= 11 is 3.25. The molecule has 9 nitrogen and oxygen atoms in total. The topological polar surface area (TPSA) is 110 Å². The van der Waals surface area contributed by atoms with Gasteiger partial charge in [-0.3, -0.25) is 9.59 Å². The van der Waals surface area contributed by atoms with Crippen LogP contribution >= 0.6 is 15.9 Å². The number of aromatic nitrogens is 3. The molecule has 146 valence electrons. The molecule has 28 heavy (non-hydrogen) atoms. The number of fused-ring (bicyclic) bond motifs is 1. The molecular formula is C18H19BrN6O3. The molecule has 0 spiro atoms. The number of pyridine rings is 1. The van der Waals surface area contributed by atoms with Gasteiger partial charge in [0.15, 0.2) is 16.1 Å². The molecule has 1 saturated heterocycles. The maximum Gasteiger partial charge on any atom is 0.254 e. The molecule has 3 aromatic heterocycles. The molecule has 4 heterocycles. The van der Waals surface area contributed by atoms with Crippen LogP contribution in [-0.4, -0.2) is 62.9 Å². The van der Waals surface area contributed by atoms with E-state index < -0.39 is 6.04 Å². The van der Waals surface area contributed by atoms with Gasteiger partial charge in [0, 0.05) is 26.2 Å². The third kappa shape index (κ3) is 3.13. The summed E-state index contributed by atoms with van der Waals surface area (Å²) in [6.07, 6.45) is 1.44. The summed E-state index contributed by atoms with van der Waals surface area (Å²) in [5.74, 6) is 0.813. The number of nitrogens with zero attached hydrogens (tertiary/aromatic N) is 5. The van der Waals surface area contributed by atoms with Gasteiger partial charge in [0.25, 0.3) is 5.91 Å². The average Bonchev–Trinajstić information content (AvgIpc) is 3.38. The second-order valence-corrected chi connectivity index (χ2v) is 7.65. The first-order valence-electron chi connectivity index (χ1n) is 8.79. The fraction of sp³-hybridized carbons (Fsp3) is 0.333. The van der Waals surface area contributed by atoms with E-state index in [1.54, 1.807) is 43.3 Å². The number of carbonyl (C=O) groups excluding carboxylic acids is 2. The number of anilines is 1. The molecule has 0 bridgehead atoms. The molecule has 2 N–H and O–H groups in total. The van der Waals surface area contributed by atoms with Gasteiger partial charge < -0.3 is 20.0 Å². The first-order valence-corrected chi connectivity index (χ1v) is 9.58. The Labute approximate surface area is 169 Å². The van der Waals surface area contributed by atoms with E-state index in [1.165, 1.54) is 9.42 Å². The molecule has 0 aliphatic carbocycles. The molecule has 1 unspecified atom stereocenters. The predicted molar refractivity (Wildman–Crippen MR) is 106 cm³/mol. The van der Waals surface area contributed by atoms with E-state index in [9.17, 15) is 9.59 Å². The molecule has 1 aliphatic rings. The van der Waals surface area contributed by atoms with Crippen LogP contribution in [0.4, 0.5) is 5.82 Å². The molecule has 1 atom stereocenters. The number of halogens is 1. The van der Waals surface area contributed by atoms with Gasteiger partial charge in [0.1, 0.15) is 11.9 Å². The Balaban J connectivity index is 1.69. The summed E-state index contributed by atoms with van der Waals surface area (Å²) in [5, 5.41) is 4.34. The van der Waals surface area contributed by atoms with Gasteiger partial charge in [-0.1, -0.05) is 0 Å². The maximum atomic E-state index is 13.1. The molecule has 1 aliphatic heterocycles. The van der Waals surface area contributed by atoms with Crippen molar-refractivity contribution in [1.29, 1.82) is 0 Å². The summed E-state index contributed by atoms with van der Waals surface area (Å²) < 4.78 is 7.50. The van der Waals surface area contributed by atoms with E-state index in [2.05, 4.69) is 26.0 Å². The van der Waals surface area contributed by atoms with E-state index in [1.807, 2.05) is 0 Å². The smallest absolute Gasteiger partial charge is 0.254 e. The van der Waals surface area contributed by atoms with Crippen molar-refractivity contribution in [1.82, 2.24) is 24.4 Å². The number of furan rings is 1. The van der Waals surface area contributed by atoms with Crippen molar-refractivity contribution < 1.29 is 14.0 Å². The first-order chi connectivity index (χ1) is 13.3. The molecular weight excluding hydrogens is 428 g/mol. The second kappa shape index (κ2) is 6.93. The highest BCUT2D eigenvalue weighted by Crippen LogP contribution is 2.26. The first kappa shape index (κ1) is 18.5. The van der Waals surface area contributed by atoms with E-state index in [-0.39, 0.29) is 17.6 Å². The monoisotopic (exact) mass is 446 g/mol. The zero-order valence-electron chi connectivity index (χ0n) is 15.4. The largest absolute Gasteiger partial charge is 0.446 e. The maximum absolute atomic E-state index is 13.1. The summed E-state index contributed by atoms with van der Waals surface area (Å²) in [7, 11) is 3.39. The van der Waals surface area contributed by atoms with Crippen LogP contribution in [0.1, 0.15) is 23.2 Å². The molecule has 2 amide bonds. The Morgan fingerprint density at radius 3 is 2.79 bits per heavy atom. The molecule has 0 saturated carbocycles. The lowest BCUT2D eigenvalue weighted by Gasteiger charge is -2.26. The van der Waals surface area contributed by atoms with Crippen molar-refractivity contribution in [3.05, 3.63) is 34.5 Å². The number of hydrogen-bond donors (Lipinski definition) is 1. The van der Waals surface area contributed by atoms with E-state index >= 15 is 0 Å². The quantitative estimate of drug-likeness (QED) is 0.658. The number of hydrogen-bond acceptors (Lipinski definition) is 6. The Bertz CT molecular complexity index is 1070. The number of likely N-dealkylation sites (N-methyl/N-ethyl adjacent to an activating group) is 1. The lowest BCUT2D eigenvalue weighted by atomic mass is 10.1. The van der Waals surface area contributed by atoms with Crippen LogP contribution < -0.4 is 5.73 Å². The van der Waals surface area contributed by atoms with Gasteiger partial charge >= 0.3 is 0 Å². The fourth-order valence-electron chi connectivity index (χ4n) is 3.40. The third-order valence-electron chi connectivity index (χ3n) is 4.74. The predicted octanol–water partition coefficient (Wildman–Crippen LogP) is 2.03. The molecule has 10 heteroatoms. The minimum atomic E-state index is -0.450. The average molecular weight is 447 g/mol. The number of carbonyl (C=O) groups is 2. The van der Waals surface area contributed by atoms with Gasteiger partial charge in [0.05, 0.1) is 0 Å². The van der Waals surface area contributed by atoms with Crippen LogP contribution in [0.3, 0.4) is 0 Å². The van der Waals surface area contributed by atoms with Crippen LogP contribution in [0.25, 0.3) is 17.2 Å². The normalized spacial score (nSPS) is 16.7. The Hall–Kier alpha value is -2.88. The zero-order valence-corrected chi connectivity index (χ0v) is 17.0. The highest BCUT2D eigenvalue weighted by Gasteiger charge is 2.35. The van der Waals surface area contributed by atoms with Crippen LogP contribution in [-0.2, 0) is 4.79 Å². The SMILES string of the molecule is CN(C)C(=O)C1CCCN1C(=O)c1cc(N)n2nc(-c3ccc(Br)o3)nc2c1. The molecule has 0 aromatic carbocycles. The lowest BCUT2D eigenvalue weighted by molar-refractivity contribution is -0.132. The van der Waals surface area contributed by atoms with Crippen LogP contribution in [0.5, 0.6) is 0 Å². The Morgan fingerprint density at radius 1 is 1.32 bits per heavy atom. The summed E-state index contributed by atoms with van der Waals surface area (Å²) in [4.78, 5) is 33.0. The molecule has 1 fully saturated rings. The van der Waals surface area contributed by atoms with Gasteiger partial charge in [-0.05, 0) is 53.0 Å². The number of nitrogen functional groups attached to an aromatic ring is 1. The molecule has 0 radical (unpaired) electrons. The highest BCUT2D eigenvalue weighted by atomic mass is 79.9. The summed E-state index contributed by atoms with van der Waals surface area (Å²) in [5.41, 5.74) is 6.92. The minimum absolute atomic E-state index is 0.0759. The van der Waals surface area contributed by atoms with Crippen LogP contribution in [0.2, 0.25) is 0 Å². The Kier molecular flexibility index (Phi) is 4.58. The molecule has 3 aromatic rings. The Morgan fingerprint density at radius 2 is 2.11 bits per heavy atom. The van der Waals surface area contributed by atoms with Crippen molar-refractivity contribution in [2.75, 3.05) is 26.4 Å². The van der Waals surface area contributed by atoms with E-state index in [0.29, 0.717) is 40.4 Å². The van der Waals surface area contributed by atoms with E-state index in [0.717, 1.165) is 6.42 Å². The van der Waals surface area contributed by atoms with Gasteiger partial charge in [-0.15, -0.1) is 5.10 Å². The summed E-state index contributed by atoms with van der Waals surface area (Å²) in [6.45, 7) is 0.534. The van der Waals surface area contributed by atoms with Gasteiger partial charge in [-0.25, -0.2) is 4.98 Å². The zero-order chi connectivity index (χ0) is 20.0. The van der Waals surface area contributed by atoms with Crippen molar-refractivity contribution in [3.8, 4) is 11.6 Å². The van der Waals surface area contributed by atoms with Crippen molar-refractivity contribution in [2.24, 2.45) is 0 Å². The van der Waals surface area contributed by atoms with Crippen LogP contribution in [0.15, 0.2) is 33.4 Å².